The van der Waals surface area contributed by atoms with Crippen molar-refractivity contribution in [3.05, 3.63) is 59.2 Å². The van der Waals surface area contributed by atoms with E-state index >= 15 is 0 Å². The molecule has 5 heteroatoms. The molecule has 1 aliphatic heterocycles. The summed E-state index contributed by atoms with van der Waals surface area (Å²) < 4.78 is 4.62. The Bertz CT molecular complexity index is 1090. The largest absolute Gasteiger partial charge is 0.359 e. The first-order valence-electron chi connectivity index (χ1n) is 11.5. The minimum absolute atomic E-state index is 0.0258. The third kappa shape index (κ3) is 3.47. The molecule has 1 aromatic heterocycles. The van der Waals surface area contributed by atoms with E-state index in [2.05, 4.69) is 84.3 Å². The monoisotopic (exact) mass is 434 g/mol. The van der Waals surface area contributed by atoms with Crippen molar-refractivity contribution < 1.29 is 0 Å². The minimum atomic E-state index is 0.0258. The van der Waals surface area contributed by atoms with Gasteiger partial charge in [-0.05, 0) is 46.8 Å². The van der Waals surface area contributed by atoms with E-state index in [0.717, 1.165) is 44.7 Å². The highest BCUT2D eigenvalue weighted by Crippen LogP contribution is 2.48. The Hall–Kier alpha value is -1.95. The average Bonchev–Trinajstić information content (AvgIpc) is 3.26. The van der Waals surface area contributed by atoms with Crippen LogP contribution in [0.1, 0.15) is 44.4 Å². The fourth-order valence-electron chi connectivity index (χ4n) is 5.64. The van der Waals surface area contributed by atoms with Crippen molar-refractivity contribution in [3.63, 3.8) is 0 Å². The fraction of sp³-hybridized carbons (Fsp3) is 0.500. The van der Waals surface area contributed by atoms with Crippen molar-refractivity contribution in [1.82, 2.24) is 9.27 Å². The summed E-state index contributed by atoms with van der Waals surface area (Å²) in [7, 11) is 0. The van der Waals surface area contributed by atoms with Crippen molar-refractivity contribution in [3.8, 4) is 0 Å². The number of nitrogens with two attached hydrogens (primary N) is 1. The molecule has 31 heavy (non-hydrogen) atoms. The van der Waals surface area contributed by atoms with E-state index in [1.54, 1.807) is 11.5 Å². The Morgan fingerprint density at radius 1 is 0.968 bits per heavy atom. The smallest absolute Gasteiger partial charge is 0.120 e. The molecule has 3 aromatic rings. The first-order chi connectivity index (χ1) is 14.8. The van der Waals surface area contributed by atoms with Crippen molar-refractivity contribution in [2.45, 2.75) is 51.0 Å². The molecule has 0 spiro atoms. The van der Waals surface area contributed by atoms with Crippen LogP contribution in [-0.2, 0) is 17.3 Å². The van der Waals surface area contributed by atoms with Crippen LogP contribution in [0.2, 0.25) is 0 Å². The van der Waals surface area contributed by atoms with E-state index in [0.29, 0.717) is 0 Å². The molecule has 2 heterocycles. The van der Waals surface area contributed by atoms with Gasteiger partial charge >= 0.3 is 0 Å². The Balaban J connectivity index is 1.22. The number of nitrogens with zero attached hydrogens (tertiary/aromatic N) is 3. The van der Waals surface area contributed by atoms with E-state index < -0.39 is 0 Å². The highest BCUT2D eigenvalue weighted by Gasteiger charge is 2.49. The standard InChI is InChI=1S/C26H34N4S/c1-25(2)20-10-9-18(17-21(20)26(3,4)24(25)27)11-12-29-13-15-30(16-14-29)23-19-7-5-6-8-22(19)28-31-23/h5-10,17,24H,11-16,27H2,1-4H3. The predicted octanol–water partition coefficient (Wildman–Crippen LogP) is 4.56. The molecule has 1 saturated heterocycles. The predicted molar refractivity (Wildman–Crippen MR) is 132 cm³/mol. The zero-order valence-electron chi connectivity index (χ0n) is 19.2. The lowest BCUT2D eigenvalue weighted by atomic mass is 9.76. The van der Waals surface area contributed by atoms with E-state index in [-0.39, 0.29) is 16.9 Å². The van der Waals surface area contributed by atoms with Crippen LogP contribution in [0.3, 0.4) is 0 Å². The Morgan fingerprint density at radius 3 is 2.45 bits per heavy atom. The van der Waals surface area contributed by atoms with E-state index in [1.807, 2.05) is 0 Å². The Kier molecular flexibility index (Phi) is 5.11. The van der Waals surface area contributed by atoms with Crippen LogP contribution < -0.4 is 10.6 Å². The maximum atomic E-state index is 6.65. The van der Waals surface area contributed by atoms with Crippen molar-refractivity contribution >= 4 is 27.4 Å². The zero-order chi connectivity index (χ0) is 21.8. The summed E-state index contributed by atoms with van der Waals surface area (Å²) >= 11 is 1.64. The normalized spacial score (nSPS) is 22.7. The summed E-state index contributed by atoms with van der Waals surface area (Å²) in [4.78, 5) is 5.12. The van der Waals surface area contributed by atoms with Crippen LogP contribution >= 0.6 is 11.5 Å². The van der Waals surface area contributed by atoms with Crippen molar-refractivity contribution in [2.24, 2.45) is 5.73 Å². The molecule has 164 valence electrons. The third-order valence-corrected chi connectivity index (χ3v) is 8.71. The van der Waals surface area contributed by atoms with Crippen LogP contribution in [0.25, 0.3) is 10.9 Å². The second kappa shape index (κ2) is 7.58. The Labute approximate surface area is 190 Å². The molecule has 1 unspecified atom stereocenters. The maximum Gasteiger partial charge on any atom is 0.120 e. The number of benzene rings is 2. The fourth-order valence-corrected chi connectivity index (χ4v) is 6.56. The van der Waals surface area contributed by atoms with Gasteiger partial charge in [0.05, 0.1) is 5.52 Å². The molecule has 0 bridgehead atoms. The number of piperazine rings is 1. The van der Waals surface area contributed by atoms with Crippen LogP contribution in [0, 0.1) is 0 Å². The van der Waals surface area contributed by atoms with Crippen molar-refractivity contribution in [1.29, 1.82) is 0 Å². The van der Waals surface area contributed by atoms with Crippen LogP contribution in [0.4, 0.5) is 5.00 Å². The first kappa shape index (κ1) is 20.9. The molecule has 1 fully saturated rings. The molecular weight excluding hydrogens is 400 g/mol. The molecule has 4 nitrogen and oxygen atoms in total. The van der Waals surface area contributed by atoms with Gasteiger partial charge in [0.15, 0.2) is 0 Å². The molecule has 1 atom stereocenters. The molecule has 1 aliphatic carbocycles. The first-order valence-corrected chi connectivity index (χ1v) is 12.3. The summed E-state index contributed by atoms with van der Waals surface area (Å²) in [5.74, 6) is 0. The SMILES string of the molecule is CC1(C)c2ccc(CCN3CCN(c4snc5ccccc45)CC3)cc2C(C)(C)C1N. The van der Waals surface area contributed by atoms with Gasteiger partial charge in [0.2, 0.25) is 0 Å². The van der Waals surface area contributed by atoms with Gasteiger partial charge < -0.3 is 10.6 Å². The quantitative estimate of drug-likeness (QED) is 0.654. The lowest BCUT2D eigenvalue weighted by Crippen LogP contribution is -2.46. The summed E-state index contributed by atoms with van der Waals surface area (Å²) in [5.41, 5.74) is 12.1. The minimum Gasteiger partial charge on any atom is -0.359 e. The Morgan fingerprint density at radius 2 is 1.68 bits per heavy atom. The molecule has 2 N–H and O–H groups in total. The molecule has 2 aliphatic rings. The lowest BCUT2D eigenvalue weighted by Gasteiger charge is -2.35. The number of hydrogen-bond acceptors (Lipinski definition) is 5. The van der Waals surface area contributed by atoms with Gasteiger partial charge in [0.25, 0.3) is 0 Å². The number of hydrogen-bond donors (Lipinski definition) is 1. The molecule has 0 radical (unpaired) electrons. The van der Waals surface area contributed by atoms with E-state index in [1.165, 1.54) is 27.1 Å². The summed E-state index contributed by atoms with van der Waals surface area (Å²) in [6, 6.07) is 15.7. The van der Waals surface area contributed by atoms with Gasteiger partial charge in [-0.25, -0.2) is 0 Å². The van der Waals surface area contributed by atoms with Crippen molar-refractivity contribution in [2.75, 3.05) is 37.6 Å². The summed E-state index contributed by atoms with van der Waals surface area (Å²) in [5, 5.41) is 2.62. The molecular formula is C26H34N4S. The van der Waals surface area contributed by atoms with Gasteiger partial charge in [-0.1, -0.05) is 58.0 Å². The number of rotatable bonds is 4. The molecule has 2 aromatic carbocycles. The average molecular weight is 435 g/mol. The summed E-state index contributed by atoms with van der Waals surface area (Å²) in [6.07, 6.45) is 1.10. The zero-order valence-corrected chi connectivity index (χ0v) is 20.0. The van der Waals surface area contributed by atoms with Gasteiger partial charge in [-0.15, -0.1) is 0 Å². The topological polar surface area (TPSA) is 45.4 Å². The van der Waals surface area contributed by atoms with E-state index in [4.69, 9.17) is 5.73 Å². The van der Waals surface area contributed by atoms with Gasteiger partial charge in [-0.3, -0.25) is 4.90 Å². The second-order valence-corrected chi connectivity index (χ2v) is 11.1. The van der Waals surface area contributed by atoms with Crippen LogP contribution in [0.15, 0.2) is 42.5 Å². The van der Waals surface area contributed by atoms with Gasteiger partial charge in [0, 0.05) is 55.0 Å². The number of aromatic nitrogens is 1. The molecule has 0 amide bonds. The summed E-state index contributed by atoms with van der Waals surface area (Å²) in [6.45, 7) is 14.7. The molecule has 0 saturated carbocycles. The third-order valence-electron chi connectivity index (χ3n) is 7.77. The highest BCUT2D eigenvalue weighted by atomic mass is 32.1. The second-order valence-electron chi connectivity index (χ2n) is 10.4. The van der Waals surface area contributed by atoms with Crippen LogP contribution in [0.5, 0.6) is 0 Å². The van der Waals surface area contributed by atoms with E-state index in [9.17, 15) is 0 Å². The molecule has 5 rings (SSSR count). The number of anilines is 1. The maximum absolute atomic E-state index is 6.65. The van der Waals surface area contributed by atoms with Gasteiger partial charge in [-0.2, -0.15) is 4.37 Å². The lowest BCUT2D eigenvalue weighted by molar-refractivity contribution is 0.261. The van der Waals surface area contributed by atoms with Gasteiger partial charge in [0.1, 0.15) is 5.00 Å². The van der Waals surface area contributed by atoms with Crippen LogP contribution in [-0.4, -0.2) is 48.0 Å². The number of fused-ring (bicyclic) bond motifs is 2. The highest BCUT2D eigenvalue weighted by molar-refractivity contribution is 7.11.